The summed E-state index contributed by atoms with van der Waals surface area (Å²) < 4.78 is 5.15. The summed E-state index contributed by atoms with van der Waals surface area (Å²) in [5.74, 6) is 1.80. The van der Waals surface area contributed by atoms with Crippen LogP contribution in [0.2, 0.25) is 0 Å². The lowest BCUT2D eigenvalue weighted by Crippen LogP contribution is -2.12. The van der Waals surface area contributed by atoms with E-state index in [2.05, 4.69) is 34.5 Å². The third-order valence-corrected chi connectivity index (χ3v) is 3.20. The number of rotatable bonds is 4. The monoisotopic (exact) mass is 260 g/mol. The van der Waals surface area contributed by atoms with Crippen molar-refractivity contribution in [3.63, 3.8) is 0 Å². The third kappa shape index (κ3) is 2.52. The Balaban J connectivity index is 1.68. The summed E-state index contributed by atoms with van der Waals surface area (Å²) in [6, 6.07) is 3.54. The number of aromatic amines is 1. The van der Waals surface area contributed by atoms with Crippen molar-refractivity contribution in [1.82, 2.24) is 15.4 Å². The summed E-state index contributed by atoms with van der Waals surface area (Å²) in [6.07, 6.45) is 2.24. The van der Waals surface area contributed by atoms with E-state index in [1.54, 1.807) is 6.07 Å². The number of hydrogen-bond donors (Lipinski definition) is 2. The van der Waals surface area contributed by atoms with Gasteiger partial charge in [0.2, 0.25) is 0 Å². The molecule has 0 bridgehead atoms. The minimum atomic E-state index is -0.294. The van der Waals surface area contributed by atoms with E-state index in [-0.39, 0.29) is 5.91 Å². The Kier molecular flexibility index (Phi) is 2.85. The number of amides is 1. The summed E-state index contributed by atoms with van der Waals surface area (Å²) in [6.45, 7) is 4.11. The first-order valence-corrected chi connectivity index (χ1v) is 6.46. The number of carbonyl (C=O) groups excluding carboxylic acids is 1. The Labute approximate surface area is 110 Å². The predicted octanol–water partition coefficient (Wildman–Crippen LogP) is 2.65. The van der Waals surface area contributed by atoms with Crippen LogP contribution < -0.4 is 5.32 Å². The van der Waals surface area contributed by atoms with Gasteiger partial charge in [0, 0.05) is 23.7 Å². The summed E-state index contributed by atoms with van der Waals surface area (Å²) in [5.41, 5.74) is 1.28. The summed E-state index contributed by atoms with van der Waals surface area (Å²) in [4.78, 5) is 12.0. The fourth-order valence-corrected chi connectivity index (χ4v) is 1.83. The van der Waals surface area contributed by atoms with E-state index in [1.807, 2.05) is 6.07 Å². The maximum absolute atomic E-state index is 12.0. The molecular weight excluding hydrogens is 244 g/mol. The van der Waals surface area contributed by atoms with Gasteiger partial charge in [-0.25, -0.2) is 0 Å². The molecule has 0 spiro atoms. The van der Waals surface area contributed by atoms with Gasteiger partial charge in [0.05, 0.1) is 0 Å². The van der Waals surface area contributed by atoms with E-state index in [0.29, 0.717) is 23.3 Å². The van der Waals surface area contributed by atoms with Gasteiger partial charge < -0.3 is 9.84 Å². The Bertz CT molecular complexity index is 595. The van der Waals surface area contributed by atoms with E-state index < -0.39 is 0 Å². The second kappa shape index (κ2) is 4.53. The van der Waals surface area contributed by atoms with Crippen molar-refractivity contribution in [3.05, 3.63) is 29.3 Å². The van der Waals surface area contributed by atoms with Crippen molar-refractivity contribution in [1.29, 1.82) is 0 Å². The SMILES string of the molecule is CC(C)c1cc(NC(=O)c2cc(C3CC3)on2)n[nH]1. The number of carbonyl (C=O) groups is 1. The molecule has 1 aliphatic carbocycles. The van der Waals surface area contributed by atoms with Crippen LogP contribution in [-0.2, 0) is 0 Å². The van der Waals surface area contributed by atoms with Gasteiger partial charge in [0.1, 0.15) is 5.76 Å². The molecule has 19 heavy (non-hydrogen) atoms. The molecule has 3 rings (SSSR count). The zero-order valence-electron chi connectivity index (χ0n) is 10.9. The molecule has 0 aromatic carbocycles. The van der Waals surface area contributed by atoms with Gasteiger partial charge in [-0.1, -0.05) is 19.0 Å². The maximum Gasteiger partial charge on any atom is 0.279 e. The largest absolute Gasteiger partial charge is 0.360 e. The smallest absolute Gasteiger partial charge is 0.279 e. The highest BCUT2D eigenvalue weighted by Gasteiger charge is 2.29. The van der Waals surface area contributed by atoms with Gasteiger partial charge in [-0.05, 0) is 18.8 Å². The number of H-pyrrole nitrogens is 1. The van der Waals surface area contributed by atoms with E-state index in [9.17, 15) is 4.79 Å². The van der Waals surface area contributed by atoms with E-state index >= 15 is 0 Å². The highest BCUT2D eigenvalue weighted by molar-refractivity contribution is 6.02. The summed E-state index contributed by atoms with van der Waals surface area (Å²) in [7, 11) is 0. The molecule has 0 saturated heterocycles. The van der Waals surface area contributed by atoms with Crippen LogP contribution in [0.15, 0.2) is 16.7 Å². The number of hydrogen-bond acceptors (Lipinski definition) is 4. The number of anilines is 1. The lowest BCUT2D eigenvalue weighted by Gasteiger charge is -1.97. The lowest BCUT2D eigenvalue weighted by atomic mass is 10.1. The highest BCUT2D eigenvalue weighted by atomic mass is 16.5. The van der Waals surface area contributed by atoms with E-state index in [4.69, 9.17) is 4.52 Å². The molecule has 2 aromatic rings. The van der Waals surface area contributed by atoms with Crippen LogP contribution in [0, 0.1) is 0 Å². The minimum Gasteiger partial charge on any atom is -0.360 e. The maximum atomic E-state index is 12.0. The average molecular weight is 260 g/mol. The van der Waals surface area contributed by atoms with Gasteiger partial charge in [-0.3, -0.25) is 9.89 Å². The van der Waals surface area contributed by atoms with Crippen LogP contribution >= 0.6 is 0 Å². The summed E-state index contributed by atoms with van der Waals surface area (Å²) in [5, 5.41) is 13.4. The standard InChI is InChI=1S/C13H16N4O2/c1-7(2)9-6-12(16-15-9)14-13(18)10-5-11(19-17-10)8-3-4-8/h5-8H,3-4H2,1-2H3,(H2,14,15,16,18). The van der Waals surface area contributed by atoms with Crippen molar-refractivity contribution in [2.75, 3.05) is 5.32 Å². The van der Waals surface area contributed by atoms with Gasteiger partial charge in [0.15, 0.2) is 11.5 Å². The Hall–Kier alpha value is -2.11. The molecule has 2 N–H and O–H groups in total. The zero-order valence-corrected chi connectivity index (χ0v) is 10.9. The van der Waals surface area contributed by atoms with Crippen molar-refractivity contribution >= 4 is 11.7 Å². The highest BCUT2D eigenvalue weighted by Crippen LogP contribution is 2.40. The Morgan fingerprint density at radius 1 is 1.47 bits per heavy atom. The van der Waals surface area contributed by atoms with E-state index in [0.717, 1.165) is 24.3 Å². The predicted molar refractivity (Wildman–Crippen MR) is 69.1 cm³/mol. The molecule has 6 nitrogen and oxygen atoms in total. The van der Waals surface area contributed by atoms with Crippen LogP contribution in [0.3, 0.4) is 0 Å². The first-order chi connectivity index (χ1) is 9.13. The second-order valence-corrected chi connectivity index (χ2v) is 5.21. The van der Waals surface area contributed by atoms with Crippen LogP contribution in [0.4, 0.5) is 5.82 Å². The molecule has 1 fully saturated rings. The molecule has 0 atom stereocenters. The van der Waals surface area contributed by atoms with Crippen molar-refractivity contribution < 1.29 is 9.32 Å². The van der Waals surface area contributed by atoms with Gasteiger partial charge in [0.25, 0.3) is 5.91 Å². The van der Waals surface area contributed by atoms with Gasteiger partial charge in [-0.2, -0.15) is 5.10 Å². The van der Waals surface area contributed by atoms with Gasteiger partial charge >= 0.3 is 0 Å². The number of nitrogens with one attached hydrogen (secondary N) is 2. The molecule has 6 heteroatoms. The van der Waals surface area contributed by atoms with Crippen molar-refractivity contribution in [2.45, 2.75) is 38.5 Å². The molecule has 1 amide bonds. The first kappa shape index (κ1) is 12.0. The molecule has 0 radical (unpaired) electrons. The summed E-state index contributed by atoms with van der Waals surface area (Å²) >= 11 is 0. The normalized spacial score (nSPS) is 14.9. The van der Waals surface area contributed by atoms with Gasteiger partial charge in [-0.15, -0.1) is 0 Å². The molecule has 2 heterocycles. The molecule has 1 saturated carbocycles. The third-order valence-electron chi connectivity index (χ3n) is 3.20. The van der Waals surface area contributed by atoms with Crippen molar-refractivity contribution in [3.8, 4) is 0 Å². The topological polar surface area (TPSA) is 83.8 Å². The first-order valence-electron chi connectivity index (χ1n) is 6.46. The van der Waals surface area contributed by atoms with E-state index in [1.165, 1.54) is 0 Å². The zero-order chi connectivity index (χ0) is 13.4. The molecule has 2 aromatic heterocycles. The van der Waals surface area contributed by atoms with Crippen LogP contribution in [0.5, 0.6) is 0 Å². The number of nitrogens with zero attached hydrogens (tertiary/aromatic N) is 2. The average Bonchev–Trinajstić information content (AvgIpc) is 2.92. The number of aromatic nitrogens is 3. The Morgan fingerprint density at radius 3 is 2.89 bits per heavy atom. The fraction of sp³-hybridized carbons (Fsp3) is 0.462. The molecule has 100 valence electrons. The van der Waals surface area contributed by atoms with Crippen LogP contribution in [0.25, 0.3) is 0 Å². The fourth-order valence-electron chi connectivity index (χ4n) is 1.83. The Morgan fingerprint density at radius 2 is 2.26 bits per heavy atom. The minimum absolute atomic E-state index is 0.294. The molecule has 1 aliphatic rings. The van der Waals surface area contributed by atoms with Crippen LogP contribution in [0.1, 0.15) is 60.5 Å². The second-order valence-electron chi connectivity index (χ2n) is 5.21. The van der Waals surface area contributed by atoms with Crippen molar-refractivity contribution in [2.24, 2.45) is 0 Å². The lowest BCUT2D eigenvalue weighted by molar-refractivity contribution is 0.101. The molecular formula is C13H16N4O2. The molecule has 0 unspecified atom stereocenters. The quantitative estimate of drug-likeness (QED) is 0.885. The van der Waals surface area contributed by atoms with Crippen LogP contribution in [-0.4, -0.2) is 21.3 Å². The molecule has 0 aliphatic heterocycles.